The van der Waals surface area contributed by atoms with Crippen LogP contribution in [-0.2, 0) is 12.8 Å². The zero-order chi connectivity index (χ0) is 11.5. The fraction of sp³-hybridized carbons (Fsp3) is 0.500. The van der Waals surface area contributed by atoms with Gasteiger partial charge in [-0.2, -0.15) is 0 Å². The number of hydrogen-bond acceptors (Lipinski definition) is 6. The van der Waals surface area contributed by atoms with E-state index in [1.807, 2.05) is 0 Å². The van der Waals surface area contributed by atoms with E-state index >= 15 is 0 Å². The van der Waals surface area contributed by atoms with Gasteiger partial charge in [0, 0.05) is 0 Å². The molecule has 0 aliphatic rings. The Kier molecular flexibility index (Phi) is 3.50. The Morgan fingerprint density at radius 1 is 1.19 bits per heavy atom. The second-order valence-electron chi connectivity index (χ2n) is 3.43. The molecule has 0 amide bonds. The Morgan fingerprint density at radius 2 is 2.00 bits per heavy atom. The van der Waals surface area contributed by atoms with E-state index in [9.17, 15) is 0 Å². The first-order valence-corrected chi connectivity index (χ1v) is 6.95. The molecule has 86 valence electrons. The molecule has 2 N–H and O–H groups in total. The highest BCUT2D eigenvalue weighted by molar-refractivity contribution is 7.23. The second-order valence-corrected chi connectivity index (χ2v) is 5.53. The Morgan fingerprint density at radius 3 is 2.56 bits per heavy atom. The average molecular weight is 254 g/mol. The Hall–Kier alpha value is -1.01. The molecular weight excluding hydrogens is 240 g/mol. The van der Waals surface area contributed by atoms with E-state index in [4.69, 9.17) is 5.73 Å². The lowest BCUT2D eigenvalue weighted by molar-refractivity contribution is 0.881. The summed E-state index contributed by atoms with van der Waals surface area (Å²) >= 11 is 3.14. The summed E-state index contributed by atoms with van der Waals surface area (Å²) in [4.78, 5) is 5.77. The molecule has 0 aliphatic heterocycles. The standard InChI is InChI=1S/C10H14N4S2/c1-3-5-6-8(15-7(4-2)12-6)9-13-14-10(11)16-9/h3-5H2,1-2H3,(H2,11,14). The van der Waals surface area contributed by atoms with Gasteiger partial charge in [-0.25, -0.2) is 4.98 Å². The van der Waals surface area contributed by atoms with Crippen molar-refractivity contribution < 1.29 is 0 Å². The van der Waals surface area contributed by atoms with Gasteiger partial charge < -0.3 is 5.73 Å². The van der Waals surface area contributed by atoms with Gasteiger partial charge in [0.2, 0.25) is 5.13 Å². The van der Waals surface area contributed by atoms with Crippen molar-refractivity contribution >= 4 is 27.8 Å². The lowest BCUT2D eigenvalue weighted by Crippen LogP contribution is -1.87. The third-order valence-electron chi connectivity index (χ3n) is 2.17. The van der Waals surface area contributed by atoms with Gasteiger partial charge in [-0.15, -0.1) is 21.5 Å². The van der Waals surface area contributed by atoms with E-state index in [1.165, 1.54) is 11.3 Å². The smallest absolute Gasteiger partial charge is 0.203 e. The van der Waals surface area contributed by atoms with E-state index in [-0.39, 0.29) is 0 Å². The summed E-state index contributed by atoms with van der Waals surface area (Å²) in [7, 11) is 0. The molecule has 2 aromatic rings. The summed E-state index contributed by atoms with van der Waals surface area (Å²) in [6.45, 7) is 4.27. The van der Waals surface area contributed by atoms with Gasteiger partial charge in [0.05, 0.1) is 15.6 Å². The first kappa shape index (κ1) is 11.5. The Bertz CT molecular complexity index is 475. The molecule has 2 heterocycles. The van der Waals surface area contributed by atoms with Crippen LogP contribution < -0.4 is 5.73 Å². The van der Waals surface area contributed by atoms with Gasteiger partial charge >= 0.3 is 0 Å². The van der Waals surface area contributed by atoms with Crippen LogP contribution in [-0.4, -0.2) is 15.2 Å². The van der Waals surface area contributed by atoms with Gasteiger partial charge in [0.15, 0.2) is 5.01 Å². The maximum Gasteiger partial charge on any atom is 0.203 e. The van der Waals surface area contributed by atoms with Gasteiger partial charge in [-0.1, -0.05) is 31.6 Å². The minimum Gasteiger partial charge on any atom is -0.374 e. The van der Waals surface area contributed by atoms with Crippen molar-refractivity contribution in [2.24, 2.45) is 0 Å². The molecule has 4 nitrogen and oxygen atoms in total. The molecule has 0 saturated heterocycles. The third-order valence-corrected chi connectivity index (χ3v) is 4.31. The lowest BCUT2D eigenvalue weighted by atomic mass is 10.2. The van der Waals surface area contributed by atoms with Gasteiger partial charge in [-0.05, 0) is 12.8 Å². The van der Waals surface area contributed by atoms with Crippen molar-refractivity contribution in [3.05, 3.63) is 10.7 Å². The first-order valence-electron chi connectivity index (χ1n) is 5.32. The predicted octanol–water partition coefficient (Wildman–Crippen LogP) is 2.76. The number of thiazole rings is 1. The molecule has 0 saturated carbocycles. The molecule has 16 heavy (non-hydrogen) atoms. The monoisotopic (exact) mass is 254 g/mol. The second kappa shape index (κ2) is 4.88. The largest absolute Gasteiger partial charge is 0.374 e. The summed E-state index contributed by atoms with van der Waals surface area (Å²) in [5.41, 5.74) is 6.75. The van der Waals surface area contributed by atoms with Crippen LogP contribution in [0.4, 0.5) is 5.13 Å². The molecule has 0 fully saturated rings. The molecular formula is C10H14N4S2. The third kappa shape index (κ3) is 2.22. The topological polar surface area (TPSA) is 64.7 Å². The summed E-state index contributed by atoms with van der Waals surface area (Å²) in [6.07, 6.45) is 3.05. The number of aryl methyl sites for hydroxylation is 2. The SMILES string of the molecule is CCCc1nc(CC)sc1-c1nnc(N)s1. The summed E-state index contributed by atoms with van der Waals surface area (Å²) < 4.78 is 0. The molecule has 0 atom stereocenters. The van der Waals surface area contributed by atoms with E-state index in [2.05, 4.69) is 29.0 Å². The van der Waals surface area contributed by atoms with Crippen LogP contribution in [0.3, 0.4) is 0 Å². The first-order chi connectivity index (χ1) is 7.74. The number of anilines is 1. The molecule has 0 aliphatic carbocycles. The highest BCUT2D eigenvalue weighted by Gasteiger charge is 2.15. The maximum absolute atomic E-state index is 5.61. The van der Waals surface area contributed by atoms with Crippen LogP contribution in [0.15, 0.2) is 0 Å². The van der Waals surface area contributed by atoms with Crippen molar-refractivity contribution in [2.45, 2.75) is 33.1 Å². The molecule has 2 aromatic heterocycles. The van der Waals surface area contributed by atoms with E-state index in [0.717, 1.165) is 39.8 Å². The molecule has 2 rings (SSSR count). The molecule has 0 unspecified atom stereocenters. The summed E-state index contributed by atoms with van der Waals surface area (Å²) in [6, 6.07) is 0. The molecule has 0 spiro atoms. The Balaban J connectivity index is 2.41. The van der Waals surface area contributed by atoms with Crippen LogP contribution in [0.5, 0.6) is 0 Å². The van der Waals surface area contributed by atoms with E-state index in [1.54, 1.807) is 11.3 Å². The van der Waals surface area contributed by atoms with Gasteiger partial charge in [-0.3, -0.25) is 0 Å². The quantitative estimate of drug-likeness (QED) is 0.911. The predicted molar refractivity (Wildman–Crippen MR) is 68.8 cm³/mol. The zero-order valence-electron chi connectivity index (χ0n) is 9.36. The molecule has 0 aromatic carbocycles. The van der Waals surface area contributed by atoms with Gasteiger partial charge in [0.25, 0.3) is 0 Å². The zero-order valence-corrected chi connectivity index (χ0v) is 11.0. The molecule has 0 bridgehead atoms. The normalized spacial score (nSPS) is 10.9. The van der Waals surface area contributed by atoms with Crippen molar-refractivity contribution in [2.75, 3.05) is 5.73 Å². The summed E-state index contributed by atoms with van der Waals surface area (Å²) in [5.74, 6) is 0. The van der Waals surface area contributed by atoms with Crippen LogP contribution in [0.2, 0.25) is 0 Å². The number of nitrogens with two attached hydrogens (primary N) is 1. The van der Waals surface area contributed by atoms with E-state index < -0.39 is 0 Å². The number of hydrogen-bond donors (Lipinski definition) is 1. The minimum atomic E-state index is 0.517. The van der Waals surface area contributed by atoms with E-state index in [0.29, 0.717) is 5.13 Å². The lowest BCUT2D eigenvalue weighted by Gasteiger charge is -1.94. The fourth-order valence-electron chi connectivity index (χ4n) is 1.45. The number of nitrogen functional groups attached to an aromatic ring is 1. The Labute approximate surface area is 103 Å². The minimum absolute atomic E-state index is 0.517. The highest BCUT2D eigenvalue weighted by atomic mass is 32.1. The maximum atomic E-state index is 5.61. The van der Waals surface area contributed by atoms with Crippen molar-refractivity contribution in [3.63, 3.8) is 0 Å². The average Bonchev–Trinajstić information content (AvgIpc) is 2.85. The van der Waals surface area contributed by atoms with Crippen LogP contribution in [0.1, 0.15) is 31.0 Å². The van der Waals surface area contributed by atoms with Crippen LogP contribution in [0, 0.1) is 0 Å². The fourth-order valence-corrected chi connectivity index (χ4v) is 3.20. The molecule has 0 radical (unpaired) electrons. The molecule has 6 heteroatoms. The van der Waals surface area contributed by atoms with Crippen molar-refractivity contribution in [1.82, 2.24) is 15.2 Å². The highest BCUT2D eigenvalue weighted by Crippen LogP contribution is 2.33. The van der Waals surface area contributed by atoms with Crippen molar-refractivity contribution in [1.29, 1.82) is 0 Å². The van der Waals surface area contributed by atoms with Crippen LogP contribution in [0.25, 0.3) is 9.88 Å². The van der Waals surface area contributed by atoms with Crippen LogP contribution >= 0.6 is 22.7 Å². The number of rotatable bonds is 4. The van der Waals surface area contributed by atoms with Crippen molar-refractivity contribution in [3.8, 4) is 9.88 Å². The summed E-state index contributed by atoms with van der Waals surface area (Å²) in [5, 5.41) is 10.5. The number of aromatic nitrogens is 3. The van der Waals surface area contributed by atoms with Gasteiger partial charge in [0.1, 0.15) is 0 Å². The number of nitrogens with zero attached hydrogens (tertiary/aromatic N) is 3.